The molecule has 1 saturated heterocycles. The number of rotatable bonds is 2. The average molecular weight is 292 g/mol. The highest BCUT2D eigenvalue weighted by Crippen LogP contribution is 2.34. The van der Waals surface area contributed by atoms with Crippen LogP contribution in [-0.2, 0) is 4.79 Å². The third-order valence-corrected chi connectivity index (χ3v) is 6.07. The van der Waals surface area contributed by atoms with E-state index < -0.39 is 0 Å². The molecule has 3 nitrogen and oxygen atoms in total. The van der Waals surface area contributed by atoms with E-state index in [-0.39, 0.29) is 5.91 Å². The predicted octanol–water partition coefficient (Wildman–Crippen LogP) is 3.43. The Morgan fingerprint density at radius 1 is 0.952 bits per heavy atom. The SMILES string of the molecule is CC(=O)N1C2CCCCC2N(CC2CCCCC2)C[C@@H]1C. The number of fused-ring (bicyclic) bond motifs is 1. The average Bonchev–Trinajstić information content (AvgIpc) is 2.48. The van der Waals surface area contributed by atoms with Gasteiger partial charge in [0.1, 0.15) is 0 Å². The summed E-state index contributed by atoms with van der Waals surface area (Å²) in [5.74, 6) is 1.20. The number of carbonyl (C=O) groups is 1. The van der Waals surface area contributed by atoms with Crippen molar-refractivity contribution in [3.8, 4) is 0 Å². The normalized spacial score (nSPS) is 35.5. The number of amides is 1. The van der Waals surface area contributed by atoms with E-state index in [2.05, 4.69) is 16.7 Å². The van der Waals surface area contributed by atoms with Crippen molar-refractivity contribution in [2.75, 3.05) is 13.1 Å². The fraction of sp³-hybridized carbons (Fsp3) is 0.944. The van der Waals surface area contributed by atoms with E-state index in [1.807, 2.05) is 0 Å². The van der Waals surface area contributed by atoms with Gasteiger partial charge in [-0.15, -0.1) is 0 Å². The minimum Gasteiger partial charge on any atom is -0.334 e. The zero-order chi connectivity index (χ0) is 14.8. The fourth-order valence-corrected chi connectivity index (χ4v) is 5.19. The van der Waals surface area contributed by atoms with Gasteiger partial charge < -0.3 is 4.90 Å². The maximum Gasteiger partial charge on any atom is 0.220 e. The standard InChI is InChI=1S/C18H32N2O/c1-14-12-19(13-16-8-4-3-5-9-16)17-10-6-7-11-18(17)20(14)15(2)21/h14,16-18H,3-13H2,1-2H3/t14-,17?,18?/m0/s1. The molecule has 1 amide bonds. The number of hydrogen-bond acceptors (Lipinski definition) is 2. The van der Waals surface area contributed by atoms with Crippen LogP contribution in [-0.4, -0.2) is 46.9 Å². The van der Waals surface area contributed by atoms with E-state index in [0.29, 0.717) is 18.1 Å². The molecular formula is C18H32N2O. The van der Waals surface area contributed by atoms with E-state index in [9.17, 15) is 4.79 Å². The molecular weight excluding hydrogens is 260 g/mol. The van der Waals surface area contributed by atoms with E-state index in [1.165, 1.54) is 64.3 Å². The molecule has 1 heterocycles. The first-order valence-electron chi connectivity index (χ1n) is 9.19. The Kier molecular flexibility index (Phi) is 4.88. The highest BCUT2D eigenvalue weighted by atomic mass is 16.2. The fourth-order valence-electron chi connectivity index (χ4n) is 5.19. The molecule has 3 heteroatoms. The van der Waals surface area contributed by atoms with Crippen molar-refractivity contribution in [3.05, 3.63) is 0 Å². The topological polar surface area (TPSA) is 23.6 Å². The van der Waals surface area contributed by atoms with E-state index in [4.69, 9.17) is 0 Å². The van der Waals surface area contributed by atoms with Gasteiger partial charge in [0, 0.05) is 38.1 Å². The Hall–Kier alpha value is -0.570. The Morgan fingerprint density at radius 2 is 1.57 bits per heavy atom. The lowest BCUT2D eigenvalue weighted by molar-refractivity contribution is -0.142. The maximum atomic E-state index is 12.1. The zero-order valence-corrected chi connectivity index (χ0v) is 13.9. The summed E-state index contributed by atoms with van der Waals surface area (Å²) in [5, 5.41) is 0. The van der Waals surface area contributed by atoms with Crippen LogP contribution in [0.3, 0.4) is 0 Å². The molecule has 3 rings (SSSR count). The second-order valence-electron chi connectivity index (χ2n) is 7.65. The van der Waals surface area contributed by atoms with E-state index >= 15 is 0 Å². The molecule has 0 aromatic carbocycles. The summed E-state index contributed by atoms with van der Waals surface area (Å²) in [6.07, 6.45) is 12.3. The molecule has 0 N–H and O–H groups in total. The molecule has 120 valence electrons. The van der Waals surface area contributed by atoms with Gasteiger partial charge in [0.25, 0.3) is 0 Å². The van der Waals surface area contributed by atoms with Gasteiger partial charge in [0.2, 0.25) is 5.91 Å². The summed E-state index contributed by atoms with van der Waals surface area (Å²) in [6.45, 7) is 6.40. The van der Waals surface area contributed by atoms with Crippen LogP contribution < -0.4 is 0 Å². The number of hydrogen-bond donors (Lipinski definition) is 0. The van der Waals surface area contributed by atoms with Crippen LogP contribution in [0.2, 0.25) is 0 Å². The van der Waals surface area contributed by atoms with Gasteiger partial charge in [0.05, 0.1) is 0 Å². The molecule has 21 heavy (non-hydrogen) atoms. The second kappa shape index (κ2) is 6.68. The molecule has 2 saturated carbocycles. The van der Waals surface area contributed by atoms with Crippen molar-refractivity contribution >= 4 is 5.91 Å². The van der Waals surface area contributed by atoms with Crippen molar-refractivity contribution in [3.63, 3.8) is 0 Å². The van der Waals surface area contributed by atoms with Gasteiger partial charge in [-0.3, -0.25) is 9.69 Å². The Morgan fingerprint density at radius 3 is 2.24 bits per heavy atom. The molecule has 0 bridgehead atoms. The Bertz CT molecular complexity index is 364. The molecule has 1 aliphatic heterocycles. The van der Waals surface area contributed by atoms with Crippen LogP contribution in [0.1, 0.15) is 71.6 Å². The molecule has 0 aromatic rings. The maximum absolute atomic E-state index is 12.1. The molecule has 2 aliphatic carbocycles. The van der Waals surface area contributed by atoms with Crippen LogP contribution in [0.5, 0.6) is 0 Å². The summed E-state index contributed by atoms with van der Waals surface area (Å²) >= 11 is 0. The minimum absolute atomic E-state index is 0.289. The number of piperazine rings is 1. The predicted molar refractivity (Wildman–Crippen MR) is 86.2 cm³/mol. The highest BCUT2D eigenvalue weighted by Gasteiger charge is 2.42. The van der Waals surface area contributed by atoms with Crippen molar-refractivity contribution in [2.45, 2.75) is 89.8 Å². The van der Waals surface area contributed by atoms with Crippen LogP contribution in [0.15, 0.2) is 0 Å². The summed E-state index contributed by atoms with van der Waals surface area (Å²) in [4.78, 5) is 17.0. The Balaban J connectivity index is 1.70. The van der Waals surface area contributed by atoms with Crippen molar-refractivity contribution in [1.82, 2.24) is 9.80 Å². The lowest BCUT2D eigenvalue weighted by atomic mass is 9.82. The monoisotopic (exact) mass is 292 g/mol. The van der Waals surface area contributed by atoms with Crippen LogP contribution in [0, 0.1) is 5.92 Å². The smallest absolute Gasteiger partial charge is 0.220 e. The van der Waals surface area contributed by atoms with E-state index in [0.717, 1.165) is 12.5 Å². The summed E-state index contributed by atoms with van der Waals surface area (Å²) in [6, 6.07) is 1.52. The second-order valence-corrected chi connectivity index (χ2v) is 7.65. The number of carbonyl (C=O) groups excluding carboxylic acids is 1. The van der Waals surface area contributed by atoms with Crippen molar-refractivity contribution in [2.24, 2.45) is 5.92 Å². The molecule has 0 aromatic heterocycles. The van der Waals surface area contributed by atoms with Crippen LogP contribution in [0.4, 0.5) is 0 Å². The van der Waals surface area contributed by atoms with Gasteiger partial charge in [-0.05, 0) is 38.5 Å². The lowest BCUT2D eigenvalue weighted by Crippen LogP contribution is -2.65. The van der Waals surface area contributed by atoms with Gasteiger partial charge in [0.15, 0.2) is 0 Å². The van der Waals surface area contributed by atoms with Gasteiger partial charge >= 0.3 is 0 Å². The molecule has 3 atom stereocenters. The summed E-state index contributed by atoms with van der Waals surface area (Å²) in [7, 11) is 0. The molecule has 0 spiro atoms. The highest BCUT2D eigenvalue weighted by molar-refractivity contribution is 5.74. The minimum atomic E-state index is 0.289. The van der Waals surface area contributed by atoms with Crippen molar-refractivity contribution in [1.29, 1.82) is 0 Å². The van der Waals surface area contributed by atoms with Crippen LogP contribution in [0.25, 0.3) is 0 Å². The lowest BCUT2D eigenvalue weighted by Gasteiger charge is -2.53. The third-order valence-electron chi connectivity index (χ3n) is 6.07. The molecule has 0 radical (unpaired) electrons. The van der Waals surface area contributed by atoms with Gasteiger partial charge in [-0.2, -0.15) is 0 Å². The Labute approximate surface area is 130 Å². The van der Waals surface area contributed by atoms with Crippen molar-refractivity contribution < 1.29 is 4.79 Å². The third kappa shape index (κ3) is 3.28. The quantitative estimate of drug-likeness (QED) is 0.778. The summed E-state index contributed by atoms with van der Waals surface area (Å²) < 4.78 is 0. The number of nitrogens with zero attached hydrogens (tertiary/aromatic N) is 2. The van der Waals surface area contributed by atoms with E-state index in [1.54, 1.807) is 6.92 Å². The first-order chi connectivity index (χ1) is 10.2. The summed E-state index contributed by atoms with van der Waals surface area (Å²) in [5.41, 5.74) is 0. The molecule has 3 fully saturated rings. The first kappa shape index (κ1) is 15.3. The van der Waals surface area contributed by atoms with Gasteiger partial charge in [-0.25, -0.2) is 0 Å². The molecule has 2 unspecified atom stereocenters. The largest absolute Gasteiger partial charge is 0.334 e. The molecule has 3 aliphatic rings. The van der Waals surface area contributed by atoms with Gasteiger partial charge in [-0.1, -0.05) is 32.1 Å². The first-order valence-corrected chi connectivity index (χ1v) is 9.19. The zero-order valence-electron chi connectivity index (χ0n) is 13.9. The van der Waals surface area contributed by atoms with Crippen LogP contribution >= 0.6 is 0 Å².